The predicted molar refractivity (Wildman–Crippen MR) is 67.4 cm³/mol. The number of nitrogens with one attached hydrogen (secondary N) is 1. The normalized spacial score (nSPS) is 11.9. The average Bonchev–Trinajstić information content (AvgIpc) is 2.23. The molecule has 1 N–H and O–H groups in total. The van der Waals surface area contributed by atoms with Crippen LogP contribution in [0, 0.1) is 5.82 Å². The third-order valence-corrected chi connectivity index (χ3v) is 2.72. The van der Waals surface area contributed by atoms with E-state index in [4.69, 9.17) is 11.6 Å². The smallest absolute Gasteiger partial charge is 0.124 e. The molecule has 1 rings (SSSR count). The van der Waals surface area contributed by atoms with Crippen molar-refractivity contribution in [2.45, 2.75) is 19.8 Å². The number of halogens is 2. The quantitative estimate of drug-likeness (QED) is 0.614. The molecule has 0 saturated carbocycles. The Hall–Kier alpha value is -0.860. The van der Waals surface area contributed by atoms with Gasteiger partial charge in [-0.05, 0) is 51.1 Å². The van der Waals surface area contributed by atoms with E-state index in [0.717, 1.165) is 24.9 Å². The fourth-order valence-corrected chi connectivity index (χ4v) is 1.73. The molecule has 1 aromatic carbocycles. The van der Waals surface area contributed by atoms with Crippen LogP contribution in [0.4, 0.5) is 4.39 Å². The Bertz CT molecular complexity index is 374. The summed E-state index contributed by atoms with van der Waals surface area (Å²) in [6.45, 7) is 3.03. The van der Waals surface area contributed by atoms with Gasteiger partial charge in [0, 0.05) is 5.02 Å². The Labute approximate surface area is 101 Å². The van der Waals surface area contributed by atoms with Gasteiger partial charge in [-0.2, -0.15) is 0 Å². The van der Waals surface area contributed by atoms with Crippen molar-refractivity contribution in [1.82, 2.24) is 5.32 Å². The molecular formula is C13H17ClFN. The zero-order chi connectivity index (χ0) is 12.0. The minimum absolute atomic E-state index is 0.287. The summed E-state index contributed by atoms with van der Waals surface area (Å²) < 4.78 is 12.8. The number of allylic oxidation sites excluding steroid dienone is 1. The summed E-state index contributed by atoms with van der Waals surface area (Å²) in [6.07, 6.45) is 3.96. The van der Waals surface area contributed by atoms with E-state index in [2.05, 4.69) is 18.3 Å². The molecule has 16 heavy (non-hydrogen) atoms. The first-order valence-corrected chi connectivity index (χ1v) is 5.75. The number of hydrogen-bond acceptors (Lipinski definition) is 1. The van der Waals surface area contributed by atoms with Gasteiger partial charge in [0.25, 0.3) is 0 Å². The van der Waals surface area contributed by atoms with Crippen molar-refractivity contribution in [3.63, 3.8) is 0 Å². The van der Waals surface area contributed by atoms with Crippen molar-refractivity contribution in [3.05, 3.63) is 46.3 Å². The van der Waals surface area contributed by atoms with Crippen LogP contribution in [0.15, 0.2) is 29.8 Å². The molecule has 0 heterocycles. The highest BCUT2D eigenvalue weighted by molar-refractivity contribution is 6.31. The molecular weight excluding hydrogens is 225 g/mol. The molecule has 1 nitrogen and oxygen atoms in total. The standard InChI is InChI=1S/C13H17ClFN/c1-10(4-3-7-16-2)8-11-5-6-12(15)9-13(11)14/h4-6,9,16H,3,7-8H2,1-2H3. The summed E-state index contributed by atoms with van der Waals surface area (Å²) in [7, 11) is 1.93. The molecule has 0 atom stereocenters. The van der Waals surface area contributed by atoms with Gasteiger partial charge in [0.2, 0.25) is 0 Å². The van der Waals surface area contributed by atoms with Crippen molar-refractivity contribution in [2.75, 3.05) is 13.6 Å². The van der Waals surface area contributed by atoms with Crippen molar-refractivity contribution < 1.29 is 4.39 Å². The Morgan fingerprint density at radius 1 is 1.50 bits per heavy atom. The molecule has 0 amide bonds. The lowest BCUT2D eigenvalue weighted by atomic mass is 10.1. The van der Waals surface area contributed by atoms with Gasteiger partial charge in [0.05, 0.1) is 0 Å². The van der Waals surface area contributed by atoms with Crippen LogP contribution in [0.1, 0.15) is 18.9 Å². The van der Waals surface area contributed by atoms with Gasteiger partial charge in [-0.25, -0.2) is 4.39 Å². The van der Waals surface area contributed by atoms with E-state index in [-0.39, 0.29) is 5.82 Å². The number of benzene rings is 1. The van der Waals surface area contributed by atoms with Crippen molar-refractivity contribution >= 4 is 11.6 Å². The minimum Gasteiger partial charge on any atom is -0.319 e. The van der Waals surface area contributed by atoms with Crippen LogP contribution in [0.2, 0.25) is 5.02 Å². The molecule has 0 aromatic heterocycles. The highest BCUT2D eigenvalue weighted by Gasteiger charge is 2.02. The van der Waals surface area contributed by atoms with Crippen LogP contribution in [0.5, 0.6) is 0 Å². The molecule has 0 aliphatic rings. The zero-order valence-corrected chi connectivity index (χ0v) is 10.4. The second kappa shape index (κ2) is 6.66. The summed E-state index contributed by atoms with van der Waals surface area (Å²) >= 11 is 5.96. The molecule has 88 valence electrons. The molecule has 3 heteroatoms. The molecule has 0 saturated heterocycles. The first-order valence-electron chi connectivity index (χ1n) is 5.37. The second-order valence-corrected chi connectivity index (χ2v) is 4.26. The maximum absolute atomic E-state index is 12.8. The lowest BCUT2D eigenvalue weighted by molar-refractivity contribution is 0.627. The van der Waals surface area contributed by atoms with Gasteiger partial charge in [0.1, 0.15) is 5.82 Å². The fourth-order valence-electron chi connectivity index (χ4n) is 1.50. The first-order chi connectivity index (χ1) is 7.63. The average molecular weight is 242 g/mol. The molecule has 0 aliphatic carbocycles. The maximum atomic E-state index is 12.8. The summed E-state index contributed by atoms with van der Waals surface area (Å²) in [6, 6.07) is 4.55. The van der Waals surface area contributed by atoms with Crippen molar-refractivity contribution in [2.24, 2.45) is 0 Å². The SMILES string of the molecule is CNCCC=C(C)Cc1ccc(F)cc1Cl. The Morgan fingerprint density at radius 2 is 2.25 bits per heavy atom. The van der Waals surface area contributed by atoms with Gasteiger partial charge in [-0.1, -0.05) is 29.3 Å². The van der Waals surface area contributed by atoms with E-state index >= 15 is 0 Å². The van der Waals surface area contributed by atoms with Crippen LogP contribution in [0.25, 0.3) is 0 Å². The van der Waals surface area contributed by atoms with Crippen molar-refractivity contribution in [3.8, 4) is 0 Å². The summed E-state index contributed by atoms with van der Waals surface area (Å²) in [5.41, 5.74) is 2.23. The summed E-state index contributed by atoms with van der Waals surface area (Å²) in [5, 5.41) is 3.59. The summed E-state index contributed by atoms with van der Waals surface area (Å²) in [5.74, 6) is -0.287. The largest absolute Gasteiger partial charge is 0.319 e. The number of hydrogen-bond donors (Lipinski definition) is 1. The third-order valence-electron chi connectivity index (χ3n) is 2.37. The minimum atomic E-state index is -0.287. The van der Waals surface area contributed by atoms with Crippen LogP contribution < -0.4 is 5.32 Å². The lowest BCUT2D eigenvalue weighted by Gasteiger charge is -2.05. The monoisotopic (exact) mass is 241 g/mol. The Balaban J connectivity index is 2.62. The Kier molecular flexibility index (Phi) is 5.50. The second-order valence-electron chi connectivity index (χ2n) is 3.86. The van der Waals surface area contributed by atoms with Crippen LogP contribution in [-0.4, -0.2) is 13.6 Å². The molecule has 0 spiro atoms. The van der Waals surface area contributed by atoms with E-state index in [0.29, 0.717) is 5.02 Å². The fraction of sp³-hybridized carbons (Fsp3) is 0.385. The first kappa shape index (κ1) is 13.2. The van der Waals surface area contributed by atoms with Gasteiger partial charge >= 0.3 is 0 Å². The van der Waals surface area contributed by atoms with Crippen LogP contribution >= 0.6 is 11.6 Å². The van der Waals surface area contributed by atoms with E-state index < -0.39 is 0 Å². The Morgan fingerprint density at radius 3 is 2.88 bits per heavy atom. The molecule has 0 radical (unpaired) electrons. The van der Waals surface area contributed by atoms with Crippen LogP contribution in [-0.2, 0) is 6.42 Å². The zero-order valence-electron chi connectivity index (χ0n) is 9.69. The van der Waals surface area contributed by atoms with E-state index in [9.17, 15) is 4.39 Å². The summed E-state index contributed by atoms with van der Waals surface area (Å²) in [4.78, 5) is 0. The van der Waals surface area contributed by atoms with Gasteiger partial charge in [0.15, 0.2) is 0 Å². The van der Waals surface area contributed by atoms with Gasteiger partial charge in [-0.3, -0.25) is 0 Å². The maximum Gasteiger partial charge on any atom is 0.124 e. The van der Waals surface area contributed by atoms with Gasteiger partial charge in [-0.15, -0.1) is 0 Å². The van der Waals surface area contributed by atoms with E-state index in [1.54, 1.807) is 6.07 Å². The highest BCUT2D eigenvalue weighted by Crippen LogP contribution is 2.20. The molecule has 0 aliphatic heterocycles. The van der Waals surface area contributed by atoms with E-state index in [1.807, 2.05) is 7.05 Å². The third kappa shape index (κ3) is 4.33. The highest BCUT2D eigenvalue weighted by atomic mass is 35.5. The van der Waals surface area contributed by atoms with E-state index in [1.165, 1.54) is 17.7 Å². The van der Waals surface area contributed by atoms with Crippen molar-refractivity contribution in [1.29, 1.82) is 0 Å². The molecule has 1 aromatic rings. The van der Waals surface area contributed by atoms with Gasteiger partial charge < -0.3 is 5.32 Å². The molecule has 0 unspecified atom stereocenters. The predicted octanol–water partition coefficient (Wildman–Crippen LogP) is 3.58. The molecule has 0 bridgehead atoms. The van der Waals surface area contributed by atoms with Crippen LogP contribution in [0.3, 0.4) is 0 Å². The molecule has 0 fully saturated rings. The topological polar surface area (TPSA) is 12.0 Å². The number of rotatable bonds is 5. The lowest BCUT2D eigenvalue weighted by Crippen LogP contribution is -2.06.